The van der Waals surface area contributed by atoms with Crippen LogP contribution in [0.2, 0.25) is 0 Å². The van der Waals surface area contributed by atoms with Crippen LogP contribution in [0.4, 0.5) is 0 Å². The number of nitrogens with zero attached hydrogens (tertiary/aromatic N) is 1. The van der Waals surface area contributed by atoms with Crippen molar-refractivity contribution in [2.45, 2.75) is 46.1 Å². The zero-order chi connectivity index (χ0) is 13.4. The minimum atomic E-state index is -0.981. The third-order valence-electron chi connectivity index (χ3n) is 2.98. The number of aliphatic carboxylic acids is 1. The molecule has 0 radical (unpaired) electrons. The Morgan fingerprint density at radius 3 is 2.29 bits per heavy atom. The van der Waals surface area contributed by atoms with Gasteiger partial charge in [0.05, 0.1) is 5.92 Å². The highest BCUT2D eigenvalue weighted by molar-refractivity contribution is 5.83. The Kier molecular flexibility index (Phi) is 7.54. The maximum absolute atomic E-state index is 12.2. The predicted molar refractivity (Wildman–Crippen MR) is 66.6 cm³/mol. The lowest BCUT2D eigenvalue weighted by Crippen LogP contribution is -2.46. The molecule has 0 saturated heterocycles. The fourth-order valence-corrected chi connectivity index (χ4v) is 1.74. The van der Waals surface area contributed by atoms with Crippen molar-refractivity contribution in [1.29, 1.82) is 0 Å². The number of carboxylic acid groups (broad SMARTS) is 1. The zero-order valence-corrected chi connectivity index (χ0v) is 11.0. The Labute approximate surface area is 103 Å². The molecule has 0 aliphatic heterocycles. The number of amides is 1. The van der Waals surface area contributed by atoms with Crippen LogP contribution < -0.4 is 5.73 Å². The normalized spacial score (nSPS) is 14.1. The second-order valence-corrected chi connectivity index (χ2v) is 4.34. The molecule has 0 rings (SSSR count). The molecule has 0 aromatic carbocycles. The Bertz CT molecular complexity index is 256. The van der Waals surface area contributed by atoms with Gasteiger partial charge in [0.2, 0.25) is 5.91 Å². The first kappa shape index (κ1) is 15.9. The van der Waals surface area contributed by atoms with E-state index in [9.17, 15) is 9.59 Å². The van der Waals surface area contributed by atoms with Crippen molar-refractivity contribution in [3.8, 4) is 0 Å². The molecule has 0 heterocycles. The summed E-state index contributed by atoms with van der Waals surface area (Å²) in [5.74, 6) is -1.37. The van der Waals surface area contributed by atoms with Gasteiger partial charge in [0.1, 0.15) is 6.54 Å². The second kappa shape index (κ2) is 8.06. The molecule has 1 amide bonds. The number of nitrogens with two attached hydrogens (primary N) is 1. The molecule has 5 heteroatoms. The van der Waals surface area contributed by atoms with Gasteiger partial charge in [0, 0.05) is 12.6 Å². The van der Waals surface area contributed by atoms with Crippen LogP contribution in [0, 0.1) is 5.92 Å². The summed E-state index contributed by atoms with van der Waals surface area (Å²) in [6.07, 6.45) is 2.32. The molecule has 0 aliphatic rings. The number of hydrogen-bond acceptors (Lipinski definition) is 3. The standard InChI is InChI=1S/C12H24N2O3/c1-4-6-10(7-13)12(17)14(8-11(15)16)9(3)5-2/h9-10H,4-8,13H2,1-3H3,(H,15,16). The van der Waals surface area contributed by atoms with Gasteiger partial charge >= 0.3 is 5.97 Å². The van der Waals surface area contributed by atoms with E-state index in [0.29, 0.717) is 6.42 Å². The van der Waals surface area contributed by atoms with Crippen LogP contribution >= 0.6 is 0 Å². The molecule has 0 bridgehead atoms. The first-order valence-electron chi connectivity index (χ1n) is 6.20. The molecule has 17 heavy (non-hydrogen) atoms. The van der Waals surface area contributed by atoms with Crippen molar-refractivity contribution in [3.63, 3.8) is 0 Å². The molecular weight excluding hydrogens is 220 g/mol. The predicted octanol–water partition coefficient (Wildman–Crippen LogP) is 1.07. The smallest absolute Gasteiger partial charge is 0.323 e. The highest BCUT2D eigenvalue weighted by Gasteiger charge is 2.27. The molecule has 0 fully saturated rings. The van der Waals surface area contributed by atoms with E-state index in [1.54, 1.807) is 0 Å². The average Bonchev–Trinajstić information content (AvgIpc) is 2.31. The summed E-state index contributed by atoms with van der Waals surface area (Å²) in [6, 6.07) is -0.0653. The molecule has 0 saturated carbocycles. The highest BCUT2D eigenvalue weighted by atomic mass is 16.4. The van der Waals surface area contributed by atoms with E-state index in [4.69, 9.17) is 10.8 Å². The molecule has 0 aliphatic carbocycles. The lowest BCUT2D eigenvalue weighted by atomic mass is 10.0. The molecule has 2 unspecified atom stereocenters. The maximum Gasteiger partial charge on any atom is 0.323 e. The fourth-order valence-electron chi connectivity index (χ4n) is 1.74. The quantitative estimate of drug-likeness (QED) is 0.669. The van der Waals surface area contributed by atoms with Gasteiger partial charge < -0.3 is 15.7 Å². The fraction of sp³-hybridized carbons (Fsp3) is 0.833. The number of carbonyl (C=O) groups is 2. The third kappa shape index (κ3) is 5.17. The maximum atomic E-state index is 12.2. The van der Waals surface area contributed by atoms with Crippen molar-refractivity contribution in [2.75, 3.05) is 13.1 Å². The zero-order valence-electron chi connectivity index (χ0n) is 11.0. The van der Waals surface area contributed by atoms with Gasteiger partial charge in [-0.2, -0.15) is 0 Å². The van der Waals surface area contributed by atoms with Crippen LogP contribution in [0.5, 0.6) is 0 Å². The van der Waals surface area contributed by atoms with Crippen LogP contribution in [0.25, 0.3) is 0 Å². The highest BCUT2D eigenvalue weighted by Crippen LogP contribution is 2.13. The molecule has 0 aromatic heterocycles. The second-order valence-electron chi connectivity index (χ2n) is 4.34. The topological polar surface area (TPSA) is 83.6 Å². The first-order chi connectivity index (χ1) is 7.97. The van der Waals surface area contributed by atoms with Crippen molar-refractivity contribution in [3.05, 3.63) is 0 Å². The van der Waals surface area contributed by atoms with Crippen LogP contribution in [-0.4, -0.2) is 41.0 Å². The summed E-state index contributed by atoms with van der Waals surface area (Å²) in [6.45, 7) is 5.82. The minimum absolute atomic E-state index is 0.0653. The minimum Gasteiger partial charge on any atom is -0.480 e. The van der Waals surface area contributed by atoms with Gasteiger partial charge in [-0.05, 0) is 19.8 Å². The summed E-state index contributed by atoms with van der Waals surface area (Å²) in [4.78, 5) is 24.4. The van der Waals surface area contributed by atoms with Gasteiger partial charge in [-0.15, -0.1) is 0 Å². The molecule has 100 valence electrons. The summed E-state index contributed by atoms with van der Waals surface area (Å²) in [5, 5.41) is 8.84. The van der Waals surface area contributed by atoms with E-state index in [0.717, 1.165) is 12.8 Å². The van der Waals surface area contributed by atoms with Crippen molar-refractivity contribution >= 4 is 11.9 Å². The summed E-state index contributed by atoms with van der Waals surface area (Å²) in [5.41, 5.74) is 5.58. The van der Waals surface area contributed by atoms with E-state index >= 15 is 0 Å². The molecule has 2 atom stereocenters. The Balaban J connectivity index is 4.76. The molecule has 5 nitrogen and oxygen atoms in total. The average molecular weight is 244 g/mol. The van der Waals surface area contributed by atoms with E-state index in [2.05, 4.69) is 0 Å². The third-order valence-corrected chi connectivity index (χ3v) is 2.98. The lowest BCUT2D eigenvalue weighted by Gasteiger charge is -2.30. The van der Waals surface area contributed by atoms with Crippen molar-refractivity contribution in [2.24, 2.45) is 11.7 Å². The van der Waals surface area contributed by atoms with E-state index in [1.807, 2.05) is 20.8 Å². The number of hydrogen-bond donors (Lipinski definition) is 2. The van der Waals surface area contributed by atoms with Crippen LogP contribution in [0.1, 0.15) is 40.0 Å². The number of rotatable bonds is 8. The molecule has 3 N–H and O–H groups in total. The molecule has 0 spiro atoms. The SMILES string of the molecule is CCCC(CN)C(=O)N(CC(=O)O)C(C)CC. The monoisotopic (exact) mass is 244 g/mol. The van der Waals surface area contributed by atoms with Gasteiger partial charge in [-0.25, -0.2) is 0 Å². The summed E-state index contributed by atoms with van der Waals surface area (Å²) in [7, 11) is 0. The Morgan fingerprint density at radius 1 is 1.35 bits per heavy atom. The van der Waals surface area contributed by atoms with Gasteiger partial charge in [0.25, 0.3) is 0 Å². The van der Waals surface area contributed by atoms with E-state index < -0.39 is 5.97 Å². The lowest BCUT2D eigenvalue weighted by molar-refractivity contribution is -0.148. The van der Waals surface area contributed by atoms with Crippen molar-refractivity contribution < 1.29 is 14.7 Å². The van der Waals surface area contributed by atoms with Gasteiger partial charge in [0.15, 0.2) is 0 Å². The van der Waals surface area contributed by atoms with Crippen LogP contribution in [0.3, 0.4) is 0 Å². The first-order valence-corrected chi connectivity index (χ1v) is 6.20. The van der Waals surface area contributed by atoms with E-state index in [-0.39, 0.29) is 31.0 Å². The largest absolute Gasteiger partial charge is 0.480 e. The summed E-state index contributed by atoms with van der Waals surface area (Å²) >= 11 is 0. The molecular formula is C12H24N2O3. The Hall–Kier alpha value is -1.10. The Morgan fingerprint density at radius 2 is 1.94 bits per heavy atom. The summed E-state index contributed by atoms with van der Waals surface area (Å²) < 4.78 is 0. The van der Waals surface area contributed by atoms with Gasteiger partial charge in [-0.1, -0.05) is 20.3 Å². The number of carbonyl (C=O) groups excluding carboxylic acids is 1. The van der Waals surface area contributed by atoms with Crippen LogP contribution in [0.15, 0.2) is 0 Å². The number of carboxylic acids is 1. The van der Waals surface area contributed by atoms with E-state index in [1.165, 1.54) is 4.90 Å². The van der Waals surface area contributed by atoms with Crippen LogP contribution in [-0.2, 0) is 9.59 Å². The van der Waals surface area contributed by atoms with Gasteiger partial charge in [-0.3, -0.25) is 9.59 Å². The van der Waals surface area contributed by atoms with Crippen molar-refractivity contribution in [1.82, 2.24) is 4.90 Å². The molecule has 0 aromatic rings.